The summed E-state index contributed by atoms with van der Waals surface area (Å²) in [5, 5.41) is 9.39. The SMILES string of the molecule is Cc1nccnc1Oc1ccc(Cl)cc1C(=O)O. The van der Waals surface area contributed by atoms with Gasteiger partial charge in [-0.05, 0) is 25.1 Å². The summed E-state index contributed by atoms with van der Waals surface area (Å²) in [7, 11) is 0. The maximum atomic E-state index is 11.1. The fourth-order valence-electron chi connectivity index (χ4n) is 1.36. The van der Waals surface area contributed by atoms with Crippen molar-refractivity contribution in [2.24, 2.45) is 0 Å². The molecule has 0 unspecified atom stereocenters. The minimum Gasteiger partial charge on any atom is -0.478 e. The molecule has 18 heavy (non-hydrogen) atoms. The number of hydrogen-bond donors (Lipinski definition) is 1. The molecule has 0 saturated carbocycles. The van der Waals surface area contributed by atoms with Gasteiger partial charge in [-0.2, -0.15) is 0 Å². The average Bonchev–Trinajstić information content (AvgIpc) is 2.34. The van der Waals surface area contributed by atoms with E-state index in [9.17, 15) is 4.79 Å². The Labute approximate surface area is 108 Å². The maximum absolute atomic E-state index is 11.1. The Balaban J connectivity index is 2.41. The molecule has 1 N–H and O–H groups in total. The molecule has 6 heteroatoms. The number of ether oxygens (including phenoxy) is 1. The van der Waals surface area contributed by atoms with Crippen LogP contribution in [0.2, 0.25) is 5.02 Å². The number of aromatic carboxylic acids is 1. The molecule has 0 spiro atoms. The largest absolute Gasteiger partial charge is 0.478 e. The summed E-state index contributed by atoms with van der Waals surface area (Å²) in [6, 6.07) is 4.36. The third kappa shape index (κ3) is 2.57. The molecule has 0 bridgehead atoms. The van der Waals surface area contributed by atoms with Crippen LogP contribution in [0.1, 0.15) is 16.1 Å². The number of benzene rings is 1. The summed E-state index contributed by atoms with van der Waals surface area (Å²) in [5.74, 6) is -0.674. The fraction of sp³-hybridized carbons (Fsp3) is 0.0833. The van der Waals surface area contributed by atoms with Crippen molar-refractivity contribution >= 4 is 17.6 Å². The lowest BCUT2D eigenvalue weighted by molar-refractivity contribution is 0.0694. The Morgan fingerprint density at radius 3 is 2.72 bits per heavy atom. The molecular weight excluding hydrogens is 256 g/mol. The Morgan fingerprint density at radius 2 is 2.06 bits per heavy atom. The van der Waals surface area contributed by atoms with Crippen molar-refractivity contribution in [1.29, 1.82) is 0 Å². The Bertz CT molecular complexity index is 602. The van der Waals surface area contributed by atoms with Crippen molar-refractivity contribution in [3.05, 3.63) is 46.9 Å². The predicted molar refractivity (Wildman–Crippen MR) is 65.3 cm³/mol. The number of carboxylic acid groups (broad SMARTS) is 1. The molecule has 92 valence electrons. The Kier molecular flexibility index (Phi) is 3.43. The van der Waals surface area contributed by atoms with Gasteiger partial charge in [0.1, 0.15) is 11.3 Å². The van der Waals surface area contributed by atoms with Gasteiger partial charge in [-0.1, -0.05) is 11.6 Å². The van der Waals surface area contributed by atoms with Crippen molar-refractivity contribution in [3.63, 3.8) is 0 Å². The van der Waals surface area contributed by atoms with E-state index in [4.69, 9.17) is 21.4 Å². The van der Waals surface area contributed by atoms with E-state index in [1.54, 1.807) is 13.0 Å². The number of carboxylic acids is 1. The number of carbonyl (C=O) groups is 1. The van der Waals surface area contributed by atoms with Crippen LogP contribution in [0.3, 0.4) is 0 Å². The van der Waals surface area contributed by atoms with Crippen LogP contribution in [-0.2, 0) is 0 Å². The smallest absolute Gasteiger partial charge is 0.339 e. The molecular formula is C12H9ClN2O3. The molecule has 2 aromatic rings. The molecule has 2 rings (SSSR count). The first-order valence-corrected chi connectivity index (χ1v) is 5.44. The van der Waals surface area contributed by atoms with Crippen LogP contribution >= 0.6 is 11.6 Å². The van der Waals surface area contributed by atoms with Gasteiger partial charge in [-0.25, -0.2) is 9.78 Å². The number of hydrogen-bond acceptors (Lipinski definition) is 4. The summed E-state index contributed by atoms with van der Waals surface area (Å²) in [5.41, 5.74) is 0.552. The second-order valence-electron chi connectivity index (χ2n) is 3.49. The van der Waals surface area contributed by atoms with Crippen molar-refractivity contribution in [2.45, 2.75) is 6.92 Å². The van der Waals surface area contributed by atoms with E-state index in [1.165, 1.54) is 24.5 Å². The van der Waals surface area contributed by atoms with Gasteiger partial charge in [0.05, 0.1) is 5.69 Å². The topological polar surface area (TPSA) is 72.3 Å². The molecule has 0 saturated heterocycles. The van der Waals surface area contributed by atoms with Gasteiger partial charge in [0, 0.05) is 17.4 Å². The number of rotatable bonds is 3. The lowest BCUT2D eigenvalue weighted by Gasteiger charge is -2.09. The highest BCUT2D eigenvalue weighted by molar-refractivity contribution is 6.31. The summed E-state index contributed by atoms with van der Waals surface area (Å²) in [4.78, 5) is 19.1. The molecule has 0 amide bonds. The van der Waals surface area contributed by atoms with Gasteiger partial charge in [-0.3, -0.25) is 4.98 Å². The summed E-state index contributed by atoms with van der Waals surface area (Å²) in [6.07, 6.45) is 3.00. The van der Waals surface area contributed by atoms with Crippen LogP contribution in [0, 0.1) is 6.92 Å². The highest BCUT2D eigenvalue weighted by Gasteiger charge is 2.14. The maximum Gasteiger partial charge on any atom is 0.339 e. The summed E-state index contributed by atoms with van der Waals surface area (Å²) in [6.45, 7) is 1.72. The van der Waals surface area contributed by atoms with Gasteiger partial charge in [0.2, 0.25) is 5.88 Å². The minimum absolute atomic E-state index is 0.0208. The van der Waals surface area contributed by atoms with Crippen molar-refractivity contribution in [1.82, 2.24) is 9.97 Å². The van der Waals surface area contributed by atoms with Gasteiger partial charge in [0.25, 0.3) is 0 Å². The Morgan fingerprint density at radius 1 is 1.33 bits per heavy atom. The van der Waals surface area contributed by atoms with Crippen molar-refractivity contribution < 1.29 is 14.6 Å². The molecule has 0 aliphatic carbocycles. The summed E-state index contributed by atoms with van der Waals surface area (Å²) >= 11 is 5.75. The fourth-order valence-corrected chi connectivity index (χ4v) is 1.53. The van der Waals surface area contributed by atoms with E-state index in [0.29, 0.717) is 10.7 Å². The van der Waals surface area contributed by atoms with E-state index in [1.807, 2.05) is 0 Å². The highest BCUT2D eigenvalue weighted by atomic mass is 35.5. The second kappa shape index (κ2) is 5.01. The molecule has 1 aromatic carbocycles. The first-order chi connectivity index (χ1) is 8.58. The van der Waals surface area contributed by atoms with E-state index < -0.39 is 5.97 Å². The van der Waals surface area contributed by atoms with E-state index in [2.05, 4.69) is 9.97 Å². The zero-order valence-electron chi connectivity index (χ0n) is 9.42. The number of aryl methyl sites for hydroxylation is 1. The molecule has 0 aliphatic rings. The quantitative estimate of drug-likeness (QED) is 0.923. The average molecular weight is 265 g/mol. The molecule has 5 nitrogen and oxygen atoms in total. The molecule has 0 aliphatic heterocycles. The van der Waals surface area contributed by atoms with Crippen LogP contribution < -0.4 is 4.74 Å². The summed E-state index contributed by atoms with van der Waals surface area (Å²) < 4.78 is 5.44. The zero-order chi connectivity index (χ0) is 13.1. The van der Waals surface area contributed by atoms with E-state index >= 15 is 0 Å². The third-order valence-corrected chi connectivity index (χ3v) is 2.45. The second-order valence-corrected chi connectivity index (χ2v) is 3.93. The normalized spacial score (nSPS) is 10.1. The monoisotopic (exact) mass is 264 g/mol. The van der Waals surface area contributed by atoms with Crippen molar-refractivity contribution in [3.8, 4) is 11.6 Å². The van der Waals surface area contributed by atoms with Crippen LogP contribution in [0.5, 0.6) is 11.6 Å². The molecule has 0 fully saturated rings. The zero-order valence-corrected chi connectivity index (χ0v) is 10.2. The van der Waals surface area contributed by atoms with E-state index in [0.717, 1.165) is 0 Å². The highest BCUT2D eigenvalue weighted by Crippen LogP contribution is 2.27. The molecule has 0 atom stereocenters. The van der Waals surface area contributed by atoms with Gasteiger partial charge in [0.15, 0.2) is 0 Å². The van der Waals surface area contributed by atoms with Gasteiger partial charge >= 0.3 is 5.97 Å². The lowest BCUT2D eigenvalue weighted by Crippen LogP contribution is -2.01. The number of aromatic nitrogens is 2. The van der Waals surface area contributed by atoms with Crippen LogP contribution in [0.15, 0.2) is 30.6 Å². The van der Waals surface area contributed by atoms with Crippen molar-refractivity contribution in [2.75, 3.05) is 0 Å². The van der Waals surface area contributed by atoms with E-state index in [-0.39, 0.29) is 17.2 Å². The molecule has 0 radical (unpaired) electrons. The van der Waals surface area contributed by atoms with Crippen LogP contribution in [0.25, 0.3) is 0 Å². The third-order valence-electron chi connectivity index (χ3n) is 2.21. The van der Waals surface area contributed by atoms with Crippen LogP contribution in [0.4, 0.5) is 0 Å². The first kappa shape index (κ1) is 12.3. The van der Waals surface area contributed by atoms with Gasteiger partial charge in [-0.15, -0.1) is 0 Å². The first-order valence-electron chi connectivity index (χ1n) is 5.06. The van der Waals surface area contributed by atoms with Gasteiger partial charge < -0.3 is 9.84 Å². The lowest BCUT2D eigenvalue weighted by atomic mass is 10.2. The number of nitrogens with zero attached hydrogens (tertiary/aromatic N) is 2. The van der Waals surface area contributed by atoms with Crippen LogP contribution in [-0.4, -0.2) is 21.0 Å². The molecule has 1 heterocycles. The Hall–Kier alpha value is -2.14. The predicted octanol–water partition coefficient (Wildman–Crippen LogP) is 2.93. The molecule has 1 aromatic heterocycles. The minimum atomic E-state index is -1.12. The standard InChI is InChI=1S/C12H9ClN2O3/c1-7-11(15-5-4-14-7)18-10-3-2-8(13)6-9(10)12(16)17/h2-6H,1H3,(H,16,17). The number of halogens is 1.